The molecule has 198 valence electrons. The number of carboxylic acids is 1. The van der Waals surface area contributed by atoms with Gasteiger partial charge < -0.3 is 25.2 Å². The van der Waals surface area contributed by atoms with E-state index >= 15 is 0 Å². The molecule has 1 amide bonds. The third-order valence-electron chi connectivity index (χ3n) is 6.29. The molecule has 1 saturated carbocycles. The van der Waals surface area contributed by atoms with Gasteiger partial charge in [0.05, 0.1) is 18.4 Å². The van der Waals surface area contributed by atoms with Crippen molar-refractivity contribution in [2.45, 2.75) is 89.0 Å². The Morgan fingerprint density at radius 2 is 1.94 bits per heavy atom. The van der Waals surface area contributed by atoms with E-state index in [0.29, 0.717) is 28.6 Å². The molecular formula is C23H35N7O5S. The molecule has 0 unspecified atom stereocenters. The van der Waals surface area contributed by atoms with Crippen molar-refractivity contribution in [1.29, 1.82) is 0 Å². The van der Waals surface area contributed by atoms with Gasteiger partial charge in [-0.05, 0) is 33.1 Å². The lowest BCUT2D eigenvalue weighted by Gasteiger charge is -2.23. The van der Waals surface area contributed by atoms with Crippen LogP contribution < -0.4 is 10.6 Å². The number of aromatic nitrogens is 5. The first-order valence-corrected chi connectivity index (χ1v) is 13.6. The van der Waals surface area contributed by atoms with Gasteiger partial charge in [0.15, 0.2) is 27.9 Å². The molecule has 2 aromatic rings. The normalized spacial score (nSPS) is 24.7. The number of ether oxygens (including phenoxy) is 2. The number of carbonyl (C=O) groups is 2. The van der Waals surface area contributed by atoms with E-state index in [0.717, 1.165) is 31.6 Å². The molecule has 0 spiro atoms. The number of unbranched alkanes of at least 4 members (excludes halogenated alkanes) is 1. The summed E-state index contributed by atoms with van der Waals surface area (Å²) in [4.78, 5) is 33.4. The van der Waals surface area contributed by atoms with Crippen LogP contribution in [-0.2, 0) is 19.1 Å². The molecule has 2 aliphatic rings. The second-order valence-electron chi connectivity index (χ2n) is 9.60. The third kappa shape index (κ3) is 5.73. The van der Waals surface area contributed by atoms with Gasteiger partial charge in [-0.2, -0.15) is 0 Å². The maximum absolute atomic E-state index is 13.0. The summed E-state index contributed by atoms with van der Waals surface area (Å²) in [5.41, 5.74) is 1.17. The van der Waals surface area contributed by atoms with Crippen LogP contribution in [-0.4, -0.2) is 78.8 Å². The molecule has 1 saturated heterocycles. The molecule has 0 bridgehead atoms. The molecular weight excluding hydrogens is 486 g/mol. The third-order valence-corrected chi connectivity index (χ3v) is 7.34. The lowest BCUT2D eigenvalue weighted by atomic mass is 10.0. The van der Waals surface area contributed by atoms with E-state index in [9.17, 15) is 9.59 Å². The average Bonchev–Trinajstić information content (AvgIpc) is 3.48. The monoisotopic (exact) mass is 521 g/mol. The Hall–Kier alpha value is -2.51. The van der Waals surface area contributed by atoms with Crippen molar-refractivity contribution in [3.8, 4) is 0 Å². The predicted octanol–water partition coefficient (Wildman–Crippen LogP) is 2.61. The molecule has 12 nitrogen and oxygen atoms in total. The van der Waals surface area contributed by atoms with Crippen molar-refractivity contribution in [1.82, 2.24) is 30.3 Å². The number of carboxylic acid groups (broad SMARTS) is 1. The molecule has 4 rings (SSSR count). The van der Waals surface area contributed by atoms with Gasteiger partial charge in [0.25, 0.3) is 0 Å². The molecule has 13 heteroatoms. The van der Waals surface area contributed by atoms with E-state index in [1.54, 1.807) is 16.4 Å². The first kappa shape index (κ1) is 26.6. The van der Waals surface area contributed by atoms with Crippen LogP contribution in [0, 0.1) is 5.92 Å². The summed E-state index contributed by atoms with van der Waals surface area (Å²) in [6, 6.07) is -0.334. The summed E-state index contributed by atoms with van der Waals surface area (Å²) in [7, 11) is 0. The largest absolute Gasteiger partial charge is 0.481 e. The van der Waals surface area contributed by atoms with E-state index in [2.05, 4.69) is 39.8 Å². The Kier molecular flexibility index (Phi) is 8.30. The quantitative estimate of drug-likeness (QED) is 0.214. The number of rotatable bonds is 12. The van der Waals surface area contributed by atoms with Crippen LogP contribution in [0.1, 0.15) is 65.8 Å². The van der Waals surface area contributed by atoms with E-state index in [1.807, 2.05) is 13.8 Å². The molecule has 3 N–H and O–H groups in total. The Labute approximate surface area is 214 Å². The molecule has 2 aromatic heterocycles. The van der Waals surface area contributed by atoms with Crippen LogP contribution in [0.25, 0.3) is 11.2 Å². The van der Waals surface area contributed by atoms with Crippen molar-refractivity contribution in [3.05, 3.63) is 0 Å². The number of hydrogen-bond acceptors (Lipinski definition) is 10. The number of thioether (sulfide) groups is 1. The highest BCUT2D eigenvalue weighted by molar-refractivity contribution is 7.99. The maximum atomic E-state index is 13.0. The number of aliphatic carboxylic acids is 1. The second-order valence-corrected chi connectivity index (χ2v) is 10.7. The number of fused-ring (bicyclic) bond motifs is 2. The van der Waals surface area contributed by atoms with E-state index in [1.165, 1.54) is 0 Å². The molecule has 1 aliphatic heterocycles. The van der Waals surface area contributed by atoms with Crippen molar-refractivity contribution < 1.29 is 24.2 Å². The van der Waals surface area contributed by atoms with Gasteiger partial charge in [-0.1, -0.05) is 37.2 Å². The molecule has 3 heterocycles. The fourth-order valence-electron chi connectivity index (χ4n) is 4.67. The summed E-state index contributed by atoms with van der Waals surface area (Å²) in [5, 5.41) is 24.5. The van der Waals surface area contributed by atoms with Gasteiger partial charge >= 0.3 is 5.97 Å². The number of hydrogen-bond donors (Lipinski definition) is 3. The highest BCUT2D eigenvalue weighted by atomic mass is 32.2. The molecule has 2 fully saturated rings. The standard InChI is InChI=1S/C23H35N7O5S/c1-5-7-9-24-19-16-20(27-22(26-19)36-11-6-2)30(29-28-16)14-12-13(21(33)25-10-8-15(31)32)17-18(14)35-23(3,4)34-17/h13-14,17-18H,5-12H2,1-4H3,(H,25,33)(H,31,32)(H,24,26,27)/t13-,14+,17+,18-/m0/s1. The number of amides is 1. The van der Waals surface area contributed by atoms with Gasteiger partial charge in [-0.15, -0.1) is 5.10 Å². The first-order valence-electron chi connectivity index (χ1n) is 12.6. The maximum Gasteiger partial charge on any atom is 0.305 e. The highest BCUT2D eigenvalue weighted by Crippen LogP contribution is 2.47. The lowest BCUT2D eigenvalue weighted by Crippen LogP contribution is -2.38. The lowest BCUT2D eigenvalue weighted by molar-refractivity contribution is -0.163. The number of anilines is 1. The number of carbonyl (C=O) groups excluding carboxylic acids is 1. The predicted molar refractivity (Wildman–Crippen MR) is 134 cm³/mol. The summed E-state index contributed by atoms with van der Waals surface area (Å²) in [6.45, 7) is 8.70. The van der Waals surface area contributed by atoms with Gasteiger partial charge in [0.1, 0.15) is 12.2 Å². The Morgan fingerprint density at radius 1 is 1.17 bits per heavy atom. The zero-order chi connectivity index (χ0) is 25.9. The van der Waals surface area contributed by atoms with Gasteiger partial charge in [0, 0.05) is 18.8 Å². The zero-order valence-electron chi connectivity index (χ0n) is 21.2. The number of nitrogens with zero attached hydrogens (tertiary/aromatic N) is 5. The molecule has 1 aliphatic carbocycles. The van der Waals surface area contributed by atoms with Crippen molar-refractivity contribution in [2.75, 3.05) is 24.2 Å². The first-order chi connectivity index (χ1) is 17.2. The van der Waals surface area contributed by atoms with Gasteiger partial charge in [0.2, 0.25) is 5.91 Å². The molecule has 4 atom stereocenters. The fraction of sp³-hybridized carbons (Fsp3) is 0.739. The summed E-state index contributed by atoms with van der Waals surface area (Å²) >= 11 is 1.58. The van der Waals surface area contributed by atoms with Crippen LogP contribution in [0.3, 0.4) is 0 Å². The van der Waals surface area contributed by atoms with E-state index in [4.69, 9.17) is 19.6 Å². The smallest absolute Gasteiger partial charge is 0.305 e. The summed E-state index contributed by atoms with van der Waals surface area (Å²) < 4.78 is 14.1. The minimum Gasteiger partial charge on any atom is -0.481 e. The topological polar surface area (TPSA) is 153 Å². The van der Waals surface area contributed by atoms with Crippen LogP contribution in [0.15, 0.2) is 5.16 Å². The van der Waals surface area contributed by atoms with Crippen LogP contribution in [0.5, 0.6) is 0 Å². The Morgan fingerprint density at radius 3 is 2.67 bits per heavy atom. The average molecular weight is 522 g/mol. The van der Waals surface area contributed by atoms with Crippen LogP contribution in [0.2, 0.25) is 0 Å². The second kappa shape index (κ2) is 11.3. The summed E-state index contributed by atoms with van der Waals surface area (Å²) in [6.07, 6.45) is 2.39. The van der Waals surface area contributed by atoms with E-state index in [-0.39, 0.29) is 24.9 Å². The molecule has 0 aromatic carbocycles. The summed E-state index contributed by atoms with van der Waals surface area (Å²) in [5.74, 6) is -1.07. The van der Waals surface area contributed by atoms with Gasteiger partial charge in [-0.3, -0.25) is 9.59 Å². The van der Waals surface area contributed by atoms with Crippen molar-refractivity contribution >= 4 is 40.6 Å². The van der Waals surface area contributed by atoms with Gasteiger partial charge in [-0.25, -0.2) is 14.6 Å². The minimum absolute atomic E-state index is 0.0568. The van der Waals surface area contributed by atoms with Crippen LogP contribution >= 0.6 is 11.8 Å². The molecule has 0 radical (unpaired) electrons. The Balaban J connectivity index is 1.65. The minimum atomic E-state index is -0.965. The molecule has 36 heavy (non-hydrogen) atoms. The Bertz CT molecular complexity index is 1090. The highest BCUT2D eigenvalue weighted by Gasteiger charge is 2.57. The van der Waals surface area contributed by atoms with E-state index < -0.39 is 29.9 Å². The number of nitrogens with one attached hydrogen (secondary N) is 2. The van der Waals surface area contributed by atoms with Crippen molar-refractivity contribution in [3.63, 3.8) is 0 Å². The van der Waals surface area contributed by atoms with Crippen molar-refractivity contribution in [2.24, 2.45) is 5.92 Å². The fourth-order valence-corrected chi connectivity index (χ4v) is 5.37. The van der Waals surface area contributed by atoms with Crippen LogP contribution in [0.4, 0.5) is 5.82 Å². The SMILES string of the molecule is CCCCNc1nc(SCCC)nc2c1nnn2[C@@H]1C[C@H](C(=O)NCCC(=O)O)[C@H]2OC(C)(C)O[C@H]21. The zero-order valence-corrected chi connectivity index (χ0v) is 22.0.